The van der Waals surface area contributed by atoms with Gasteiger partial charge in [-0.15, -0.1) is 0 Å². The van der Waals surface area contributed by atoms with Crippen LogP contribution in [0.5, 0.6) is 23.0 Å². The molecule has 0 aliphatic carbocycles. The van der Waals surface area contributed by atoms with Crippen molar-refractivity contribution >= 4 is 11.9 Å². The van der Waals surface area contributed by atoms with Crippen LogP contribution in [0.25, 0.3) is 6.08 Å². The van der Waals surface area contributed by atoms with Crippen molar-refractivity contribution in [3.05, 3.63) is 101 Å². The summed E-state index contributed by atoms with van der Waals surface area (Å²) in [5, 5.41) is 0. The van der Waals surface area contributed by atoms with E-state index in [1.54, 1.807) is 44.6 Å². The third-order valence-electron chi connectivity index (χ3n) is 4.87. The van der Waals surface area contributed by atoms with Crippen LogP contribution in [0.15, 0.2) is 84.6 Å². The predicted molar refractivity (Wildman–Crippen MR) is 119 cm³/mol. The van der Waals surface area contributed by atoms with Gasteiger partial charge in [0.2, 0.25) is 5.78 Å². The molecule has 0 N–H and O–H groups in total. The van der Waals surface area contributed by atoms with E-state index in [0.29, 0.717) is 23.7 Å². The molecule has 0 bridgehead atoms. The summed E-state index contributed by atoms with van der Waals surface area (Å²) in [5.41, 5.74) is 2.45. The Balaban J connectivity index is 1.43. The third kappa shape index (κ3) is 4.61. The zero-order valence-electron chi connectivity index (χ0n) is 17.3. The molecule has 3 aromatic carbocycles. The van der Waals surface area contributed by atoms with Gasteiger partial charge in [0.05, 0.1) is 19.8 Å². The molecule has 0 unspecified atom stereocenters. The maximum atomic E-state index is 12.6. The largest absolute Gasteiger partial charge is 0.497 e. The quantitative estimate of drug-likeness (QED) is 0.481. The lowest BCUT2D eigenvalue weighted by atomic mass is 10.1. The molecular weight excluding hydrogens is 392 g/mol. The van der Waals surface area contributed by atoms with Crippen LogP contribution in [0, 0.1) is 0 Å². The van der Waals surface area contributed by atoms with Gasteiger partial charge in [0.15, 0.2) is 5.76 Å². The Hall–Kier alpha value is -3.99. The smallest absolute Gasteiger partial charge is 0.231 e. The Morgan fingerprint density at radius 1 is 0.903 bits per heavy atom. The number of carbonyl (C=O) groups is 1. The summed E-state index contributed by atoms with van der Waals surface area (Å²) in [7, 11) is 3.26. The number of rotatable bonds is 7. The van der Waals surface area contributed by atoms with Crippen LogP contribution in [-0.2, 0) is 6.61 Å². The molecule has 0 spiro atoms. The molecule has 0 atom stereocenters. The molecule has 0 saturated heterocycles. The Morgan fingerprint density at radius 3 is 2.45 bits per heavy atom. The van der Waals surface area contributed by atoms with Crippen LogP contribution in [0.3, 0.4) is 0 Å². The maximum Gasteiger partial charge on any atom is 0.231 e. The molecule has 1 heterocycles. The standard InChI is InChI=1S/C26H22O5/c1-28-20-12-10-18(11-13-20)17-30-21-14-15-22-25(16-21)31-24(26(22)27)9-5-7-19-6-3-4-8-23(19)29-2/h3-16H,17H2,1-2H3/b7-5+,24-9-. The van der Waals surface area contributed by atoms with E-state index in [-0.39, 0.29) is 11.5 Å². The fourth-order valence-corrected chi connectivity index (χ4v) is 3.20. The minimum absolute atomic E-state index is 0.151. The van der Waals surface area contributed by atoms with Crippen LogP contribution in [0.4, 0.5) is 0 Å². The second kappa shape index (κ2) is 9.22. The zero-order chi connectivity index (χ0) is 21.6. The van der Waals surface area contributed by atoms with Crippen molar-refractivity contribution in [2.45, 2.75) is 6.61 Å². The number of carbonyl (C=O) groups excluding carboxylic acids is 1. The molecule has 1 aliphatic rings. The summed E-state index contributed by atoms with van der Waals surface area (Å²) < 4.78 is 22.1. The van der Waals surface area contributed by atoms with Crippen LogP contribution in [0.2, 0.25) is 0 Å². The van der Waals surface area contributed by atoms with Crippen molar-refractivity contribution in [1.29, 1.82) is 0 Å². The molecule has 0 fully saturated rings. The monoisotopic (exact) mass is 414 g/mol. The Kier molecular flexibility index (Phi) is 6.03. The first kappa shape index (κ1) is 20.3. The Bertz CT molecular complexity index is 1140. The normalized spacial score (nSPS) is 13.9. The van der Waals surface area contributed by atoms with Crippen molar-refractivity contribution in [2.24, 2.45) is 0 Å². The Morgan fingerprint density at radius 2 is 1.68 bits per heavy atom. The molecule has 5 nitrogen and oxygen atoms in total. The predicted octanol–water partition coefficient (Wildman–Crippen LogP) is 5.46. The van der Waals surface area contributed by atoms with E-state index in [0.717, 1.165) is 22.6 Å². The average Bonchev–Trinajstić information content (AvgIpc) is 3.13. The summed E-state index contributed by atoms with van der Waals surface area (Å²) in [6.45, 7) is 0.404. The topological polar surface area (TPSA) is 54.0 Å². The van der Waals surface area contributed by atoms with Gasteiger partial charge in [-0.1, -0.05) is 42.5 Å². The number of ether oxygens (including phenoxy) is 4. The summed E-state index contributed by atoms with van der Waals surface area (Å²) in [4.78, 5) is 12.6. The number of hydrogen-bond acceptors (Lipinski definition) is 5. The first-order valence-electron chi connectivity index (χ1n) is 9.81. The fourth-order valence-electron chi connectivity index (χ4n) is 3.20. The van der Waals surface area contributed by atoms with Gasteiger partial charge in [-0.3, -0.25) is 4.79 Å². The minimum atomic E-state index is -0.151. The highest BCUT2D eigenvalue weighted by molar-refractivity contribution is 6.12. The van der Waals surface area contributed by atoms with Gasteiger partial charge < -0.3 is 18.9 Å². The molecule has 0 amide bonds. The molecule has 0 aromatic heterocycles. The van der Waals surface area contributed by atoms with Crippen molar-refractivity contribution in [1.82, 2.24) is 0 Å². The van der Waals surface area contributed by atoms with Gasteiger partial charge in [-0.05, 0) is 42.0 Å². The van der Waals surface area contributed by atoms with Crippen molar-refractivity contribution < 1.29 is 23.7 Å². The molecule has 1 aliphatic heterocycles. The van der Waals surface area contributed by atoms with Crippen LogP contribution in [-0.4, -0.2) is 20.0 Å². The molecule has 0 saturated carbocycles. The highest BCUT2D eigenvalue weighted by Gasteiger charge is 2.27. The SMILES string of the molecule is COc1ccc(COc2ccc3c(c2)O/C(=C\C=C\c2ccccc2OC)C3=O)cc1. The van der Waals surface area contributed by atoms with Gasteiger partial charge in [0, 0.05) is 11.6 Å². The van der Waals surface area contributed by atoms with Crippen LogP contribution in [0.1, 0.15) is 21.5 Å². The summed E-state index contributed by atoms with van der Waals surface area (Å²) in [5.74, 6) is 2.81. The number of hydrogen-bond donors (Lipinski definition) is 0. The van der Waals surface area contributed by atoms with Crippen LogP contribution >= 0.6 is 0 Å². The van der Waals surface area contributed by atoms with Crippen LogP contribution < -0.4 is 18.9 Å². The van der Waals surface area contributed by atoms with Crippen molar-refractivity contribution in [2.75, 3.05) is 14.2 Å². The first-order valence-corrected chi connectivity index (χ1v) is 9.81. The van der Waals surface area contributed by atoms with Gasteiger partial charge in [-0.25, -0.2) is 0 Å². The molecule has 0 radical (unpaired) electrons. The second-order valence-corrected chi connectivity index (χ2v) is 6.86. The first-order chi connectivity index (χ1) is 15.2. The molecule has 31 heavy (non-hydrogen) atoms. The summed E-state index contributed by atoms with van der Waals surface area (Å²) in [6, 6.07) is 20.6. The number of fused-ring (bicyclic) bond motifs is 1. The highest BCUT2D eigenvalue weighted by Crippen LogP contribution is 2.34. The van der Waals surface area contributed by atoms with E-state index in [4.69, 9.17) is 18.9 Å². The lowest BCUT2D eigenvalue weighted by Gasteiger charge is -2.08. The van der Waals surface area contributed by atoms with E-state index in [2.05, 4.69) is 0 Å². The molecule has 4 rings (SSSR count). The lowest BCUT2D eigenvalue weighted by Crippen LogP contribution is -1.97. The lowest BCUT2D eigenvalue weighted by molar-refractivity contribution is 0.101. The number of allylic oxidation sites excluding steroid dienone is 3. The highest BCUT2D eigenvalue weighted by atomic mass is 16.5. The van der Waals surface area contributed by atoms with E-state index >= 15 is 0 Å². The number of Topliss-reactive ketones (excluding diaryl/α,β-unsaturated/α-hetero) is 1. The number of benzene rings is 3. The van der Waals surface area contributed by atoms with E-state index in [1.165, 1.54) is 0 Å². The van der Waals surface area contributed by atoms with E-state index < -0.39 is 0 Å². The third-order valence-corrected chi connectivity index (χ3v) is 4.87. The average molecular weight is 414 g/mol. The van der Waals surface area contributed by atoms with E-state index in [9.17, 15) is 4.79 Å². The summed E-state index contributed by atoms with van der Waals surface area (Å²) >= 11 is 0. The zero-order valence-corrected chi connectivity index (χ0v) is 17.3. The molecular formula is C26H22O5. The van der Waals surface area contributed by atoms with E-state index in [1.807, 2.05) is 54.6 Å². The molecule has 3 aromatic rings. The number of para-hydroxylation sites is 1. The van der Waals surface area contributed by atoms with Crippen molar-refractivity contribution in [3.63, 3.8) is 0 Å². The second-order valence-electron chi connectivity index (χ2n) is 6.86. The molecule has 5 heteroatoms. The minimum Gasteiger partial charge on any atom is -0.497 e. The van der Waals surface area contributed by atoms with Gasteiger partial charge in [-0.2, -0.15) is 0 Å². The number of ketones is 1. The van der Waals surface area contributed by atoms with Crippen molar-refractivity contribution in [3.8, 4) is 23.0 Å². The summed E-state index contributed by atoms with van der Waals surface area (Å²) in [6.07, 6.45) is 5.31. The Labute approximate surface area is 181 Å². The molecule has 156 valence electrons. The fraction of sp³-hybridized carbons (Fsp3) is 0.115. The van der Waals surface area contributed by atoms with Gasteiger partial charge >= 0.3 is 0 Å². The number of methoxy groups -OCH3 is 2. The van der Waals surface area contributed by atoms with Gasteiger partial charge in [0.25, 0.3) is 0 Å². The maximum absolute atomic E-state index is 12.6. The van der Waals surface area contributed by atoms with Gasteiger partial charge in [0.1, 0.15) is 29.6 Å².